The Labute approximate surface area is 167 Å². The van der Waals surface area contributed by atoms with Crippen LogP contribution >= 0.6 is 24.0 Å². The van der Waals surface area contributed by atoms with Gasteiger partial charge in [-0.1, -0.05) is 43.9 Å². The molecular weight excluding hydrogens is 380 g/mol. The van der Waals surface area contributed by atoms with E-state index < -0.39 is 0 Å². The fraction of sp³-hybridized carbons (Fsp3) is 0.368. The van der Waals surface area contributed by atoms with E-state index in [9.17, 15) is 9.59 Å². The van der Waals surface area contributed by atoms with E-state index in [-0.39, 0.29) is 17.5 Å². The number of anilines is 1. The van der Waals surface area contributed by atoms with E-state index in [1.807, 2.05) is 26.8 Å². The Morgan fingerprint density at radius 3 is 2.81 bits per heavy atom. The molecule has 3 rings (SSSR count). The molecule has 1 unspecified atom stereocenters. The summed E-state index contributed by atoms with van der Waals surface area (Å²) in [5, 5.41) is 3.21. The van der Waals surface area contributed by atoms with Crippen molar-refractivity contribution in [3.63, 3.8) is 0 Å². The van der Waals surface area contributed by atoms with Gasteiger partial charge in [0.1, 0.15) is 15.8 Å². The van der Waals surface area contributed by atoms with Crippen molar-refractivity contribution in [2.24, 2.45) is 0 Å². The van der Waals surface area contributed by atoms with Crippen LogP contribution in [0, 0.1) is 0 Å². The second-order valence-corrected chi connectivity index (χ2v) is 8.02. The molecular formula is C19H22N4O2S2. The highest BCUT2D eigenvalue weighted by atomic mass is 32.2. The first-order valence-electron chi connectivity index (χ1n) is 9.00. The lowest BCUT2D eigenvalue weighted by Crippen LogP contribution is -2.36. The Balaban J connectivity index is 2.11. The Morgan fingerprint density at radius 1 is 1.33 bits per heavy atom. The maximum absolute atomic E-state index is 13.0. The first-order valence-corrected chi connectivity index (χ1v) is 10.2. The molecule has 6 nitrogen and oxygen atoms in total. The third kappa shape index (κ3) is 3.77. The van der Waals surface area contributed by atoms with E-state index in [4.69, 9.17) is 12.2 Å². The molecule has 1 saturated heterocycles. The zero-order valence-electron chi connectivity index (χ0n) is 15.6. The number of hydrogen-bond acceptors (Lipinski definition) is 6. The minimum Gasteiger partial charge on any atom is -0.369 e. The molecule has 0 spiro atoms. The predicted molar refractivity (Wildman–Crippen MR) is 115 cm³/mol. The van der Waals surface area contributed by atoms with Gasteiger partial charge >= 0.3 is 0 Å². The third-order valence-corrected chi connectivity index (χ3v) is 5.77. The smallest absolute Gasteiger partial charge is 0.267 e. The fourth-order valence-corrected chi connectivity index (χ4v) is 4.23. The Morgan fingerprint density at radius 2 is 2.11 bits per heavy atom. The fourth-order valence-electron chi connectivity index (χ4n) is 2.78. The minimum atomic E-state index is -0.215. The van der Waals surface area contributed by atoms with Crippen LogP contribution in [0.25, 0.3) is 11.7 Å². The van der Waals surface area contributed by atoms with E-state index in [0.29, 0.717) is 32.8 Å². The van der Waals surface area contributed by atoms with Gasteiger partial charge in [0.15, 0.2) is 0 Å². The number of hydrogen-bond donors (Lipinski definition) is 1. The van der Waals surface area contributed by atoms with Crippen LogP contribution in [0.3, 0.4) is 0 Å². The van der Waals surface area contributed by atoms with Gasteiger partial charge in [0.2, 0.25) is 0 Å². The molecule has 0 radical (unpaired) electrons. The van der Waals surface area contributed by atoms with Crippen molar-refractivity contribution in [3.8, 4) is 0 Å². The van der Waals surface area contributed by atoms with Crippen LogP contribution in [0.1, 0.15) is 39.2 Å². The number of carbonyl (C=O) groups excluding carboxylic acids is 1. The van der Waals surface area contributed by atoms with Crippen molar-refractivity contribution in [1.82, 2.24) is 14.3 Å². The molecule has 1 amide bonds. The van der Waals surface area contributed by atoms with Crippen molar-refractivity contribution in [1.29, 1.82) is 0 Å². The second kappa shape index (κ2) is 8.22. The molecule has 27 heavy (non-hydrogen) atoms. The third-order valence-electron chi connectivity index (χ3n) is 4.44. The molecule has 2 aromatic heterocycles. The number of thiocarbonyl (C=S) groups is 1. The van der Waals surface area contributed by atoms with Crippen LogP contribution in [-0.2, 0) is 4.79 Å². The SMILES string of the molecule is CCCNc1nc2ccccn2c(=O)c1C=C1SC(=S)N(C(C)CC)C1=O. The van der Waals surface area contributed by atoms with Crippen LogP contribution in [0.2, 0.25) is 0 Å². The number of thioether (sulfide) groups is 1. The summed E-state index contributed by atoms with van der Waals surface area (Å²) in [6.45, 7) is 6.70. The molecule has 0 bridgehead atoms. The largest absolute Gasteiger partial charge is 0.369 e. The van der Waals surface area contributed by atoms with Gasteiger partial charge in [0.25, 0.3) is 11.5 Å². The van der Waals surface area contributed by atoms with E-state index in [0.717, 1.165) is 12.8 Å². The quantitative estimate of drug-likeness (QED) is 0.589. The monoisotopic (exact) mass is 402 g/mol. The molecule has 1 atom stereocenters. The molecule has 1 aliphatic heterocycles. The molecule has 1 fully saturated rings. The normalized spacial score (nSPS) is 17.1. The van der Waals surface area contributed by atoms with Crippen molar-refractivity contribution in [2.75, 3.05) is 11.9 Å². The van der Waals surface area contributed by atoms with E-state index in [2.05, 4.69) is 10.3 Å². The van der Waals surface area contributed by atoms with Crippen LogP contribution < -0.4 is 10.9 Å². The zero-order valence-corrected chi connectivity index (χ0v) is 17.2. The van der Waals surface area contributed by atoms with Gasteiger partial charge < -0.3 is 5.32 Å². The Kier molecular flexibility index (Phi) is 5.96. The van der Waals surface area contributed by atoms with Crippen LogP contribution in [-0.4, -0.2) is 37.1 Å². The molecule has 142 valence electrons. The maximum Gasteiger partial charge on any atom is 0.267 e. The lowest BCUT2D eigenvalue weighted by Gasteiger charge is -2.21. The molecule has 2 aromatic rings. The molecule has 0 aliphatic carbocycles. The summed E-state index contributed by atoms with van der Waals surface area (Å²) < 4.78 is 2.01. The number of aromatic nitrogens is 2. The van der Waals surface area contributed by atoms with E-state index >= 15 is 0 Å². The highest BCUT2D eigenvalue weighted by Gasteiger charge is 2.35. The zero-order chi connectivity index (χ0) is 19.6. The van der Waals surface area contributed by atoms with Crippen LogP contribution in [0.4, 0.5) is 5.82 Å². The van der Waals surface area contributed by atoms with Gasteiger partial charge in [-0.3, -0.25) is 18.9 Å². The molecule has 8 heteroatoms. The van der Waals surface area contributed by atoms with E-state index in [1.54, 1.807) is 29.3 Å². The van der Waals surface area contributed by atoms with Crippen molar-refractivity contribution < 1.29 is 4.79 Å². The average Bonchev–Trinajstić information content (AvgIpc) is 2.95. The standard InChI is InChI=1S/C19H22N4O2S2/c1-4-9-20-16-13(17(24)22-10-7-6-8-15(22)21-16)11-14-18(25)23(12(3)5-2)19(26)27-14/h6-8,10-12,20H,4-5,9H2,1-3H3. The van der Waals surface area contributed by atoms with Crippen molar-refractivity contribution in [3.05, 3.63) is 45.2 Å². The first kappa shape index (κ1) is 19.6. The lowest BCUT2D eigenvalue weighted by atomic mass is 10.2. The van der Waals surface area contributed by atoms with Gasteiger partial charge in [-0.05, 0) is 38.0 Å². The lowest BCUT2D eigenvalue weighted by molar-refractivity contribution is -0.123. The number of rotatable bonds is 6. The molecule has 0 aromatic carbocycles. The average molecular weight is 403 g/mol. The van der Waals surface area contributed by atoms with Gasteiger partial charge in [0.05, 0.1) is 10.5 Å². The summed E-state index contributed by atoms with van der Waals surface area (Å²) in [5.74, 6) is 0.334. The molecule has 3 heterocycles. The number of pyridine rings is 1. The molecule has 1 aliphatic rings. The molecule has 0 saturated carbocycles. The number of fused-ring (bicyclic) bond motifs is 1. The van der Waals surface area contributed by atoms with Gasteiger partial charge in [-0.25, -0.2) is 4.98 Å². The topological polar surface area (TPSA) is 66.7 Å². The van der Waals surface area contributed by atoms with Crippen molar-refractivity contribution in [2.45, 2.75) is 39.7 Å². The summed E-state index contributed by atoms with van der Waals surface area (Å²) in [4.78, 5) is 32.5. The van der Waals surface area contributed by atoms with Gasteiger partial charge in [-0.15, -0.1) is 0 Å². The van der Waals surface area contributed by atoms with Crippen molar-refractivity contribution >= 4 is 51.7 Å². The number of carbonyl (C=O) groups is 1. The van der Waals surface area contributed by atoms with Gasteiger partial charge in [-0.2, -0.15) is 0 Å². The molecule has 1 N–H and O–H groups in total. The first-order chi connectivity index (χ1) is 13.0. The number of amides is 1. The summed E-state index contributed by atoms with van der Waals surface area (Å²) in [5.41, 5.74) is 0.718. The van der Waals surface area contributed by atoms with Crippen LogP contribution in [0.5, 0.6) is 0 Å². The summed E-state index contributed by atoms with van der Waals surface area (Å²) in [6, 6.07) is 5.42. The number of nitrogens with zero attached hydrogens (tertiary/aromatic N) is 3. The van der Waals surface area contributed by atoms with E-state index in [1.165, 1.54) is 16.2 Å². The Bertz CT molecular complexity index is 983. The summed E-state index contributed by atoms with van der Waals surface area (Å²) in [7, 11) is 0. The predicted octanol–water partition coefficient (Wildman–Crippen LogP) is 3.52. The Hall–Kier alpha value is -2.19. The summed E-state index contributed by atoms with van der Waals surface area (Å²) in [6.07, 6.45) is 5.00. The number of nitrogens with one attached hydrogen (secondary N) is 1. The maximum atomic E-state index is 13.0. The van der Waals surface area contributed by atoms with Crippen LogP contribution in [0.15, 0.2) is 34.1 Å². The second-order valence-electron chi connectivity index (χ2n) is 6.34. The van der Waals surface area contributed by atoms with Gasteiger partial charge in [0, 0.05) is 18.8 Å². The highest BCUT2D eigenvalue weighted by Crippen LogP contribution is 2.34. The summed E-state index contributed by atoms with van der Waals surface area (Å²) >= 11 is 6.61. The highest BCUT2D eigenvalue weighted by molar-refractivity contribution is 8.26. The minimum absolute atomic E-state index is 0.0249.